The van der Waals surface area contributed by atoms with Crippen molar-refractivity contribution in [1.82, 2.24) is 19.7 Å². The molecule has 0 aliphatic carbocycles. The summed E-state index contributed by atoms with van der Waals surface area (Å²) >= 11 is 6.47. The Kier molecular flexibility index (Phi) is 5.01. The predicted octanol–water partition coefficient (Wildman–Crippen LogP) is 2.29. The molecule has 1 spiro atoms. The minimum atomic E-state index is -0.189. The molecule has 2 atom stereocenters. The van der Waals surface area contributed by atoms with Gasteiger partial charge in [-0.3, -0.25) is 14.5 Å². The standard InChI is InChI=1S/C23H25ClN6O2/c1-4-14-6-5-7-15(17(14)24)18-16-20(28-27-18)26-22(29(3)21(16)31)30-10-8-23(9-11-30)12-32-13(2)19(23)25/h1,5-7,13,19H,8-12,25H2,2-3H3,(H,27,28)/t13-,19+/m0/s1. The van der Waals surface area contributed by atoms with Crippen LogP contribution < -0.4 is 16.2 Å². The van der Waals surface area contributed by atoms with Crippen molar-refractivity contribution >= 4 is 28.6 Å². The van der Waals surface area contributed by atoms with E-state index in [1.54, 1.807) is 29.8 Å². The maximum Gasteiger partial charge on any atom is 0.266 e. The van der Waals surface area contributed by atoms with Crippen LogP contribution in [0.5, 0.6) is 0 Å². The zero-order valence-electron chi connectivity index (χ0n) is 18.1. The smallest absolute Gasteiger partial charge is 0.266 e. The van der Waals surface area contributed by atoms with E-state index >= 15 is 0 Å². The number of hydrogen-bond donors (Lipinski definition) is 2. The van der Waals surface area contributed by atoms with Crippen molar-refractivity contribution in [3.8, 4) is 23.6 Å². The molecule has 2 saturated heterocycles. The quantitative estimate of drug-likeness (QED) is 0.578. The molecule has 32 heavy (non-hydrogen) atoms. The molecule has 166 valence electrons. The van der Waals surface area contributed by atoms with Gasteiger partial charge < -0.3 is 15.4 Å². The number of fused-ring (bicyclic) bond motifs is 1. The first-order valence-electron chi connectivity index (χ1n) is 10.7. The number of nitrogens with zero attached hydrogens (tertiary/aromatic N) is 4. The number of ether oxygens (including phenoxy) is 1. The molecule has 2 aromatic heterocycles. The zero-order valence-corrected chi connectivity index (χ0v) is 18.8. The minimum Gasteiger partial charge on any atom is -0.376 e. The van der Waals surface area contributed by atoms with Gasteiger partial charge in [0.1, 0.15) is 11.1 Å². The van der Waals surface area contributed by atoms with E-state index < -0.39 is 0 Å². The summed E-state index contributed by atoms with van der Waals surface area (Å²) in [6.07, 6.45) is 7.41. The summed E-state index contributed by atoms with van der Waals surface area (Å²) in [6, 6.07) is 5.37. The summed E-state index contributed by atoms with van der Waals surface area (Å²) in [5.74, 6) is 3.16. The largest absolute Gasteiger partial charge is 0.376 e. The van der Waals surface area contributed by atoms with E-state index in [1.165, 1.54) is 0 Å². The molecule has 0 radical (unpaired) electrons. The van der Waals surface area contributed by atoms with Gasteiger partial charge in [-0.25, -0.2) is 0 Å². The molecule has 0 amide bonds. The first-order chi connectivity index (χ1) is 15.4. The van der Waals surface area contributed by atoms with Crippen molar-refractivity contribution < 1.29 is 4.74 Å². The van der Waals surface area contributed by atoms with Crippen molar-refractivity contribution in [3.63, 3.8) is 0 Å². The topological polar surface area (TPSA) is 102 Å². The lowest BCUT2D eigenvalue weighted by Crippen LogP contribution is -2.51. The average molecular weight is 453 g/mol. The van der Waals surface area contributed by atoms with Gasteiger partial charge in [-0.05, 0) is 25.8 Å². The number of benzene rings is 1. The number of terminal acetylenes is 1. The van der Waals surface area contributed by atoms with Crippen LogP contribution in [0.15, 0.2) is 23.0 Å². The summed E-state index contributed by atoms with van der Waals surface area (Å²) in [4.78, 5) is 20.3. The van der Waals surface area contributed by atoms with Gasteiger partial charge in [0.2, 0.25) is 5.95 Å². The Morgan fingerprint density at radius 1 is 1.38 bits per heavy atom. The lowest BCUT2D eigenvalue weighted by Gasteiger charge is -2.41. The molecule has 2 aliphatic heterocycles. The molecule has 9 heteroatoms. The highest BCUT2D eigenvalue weighted by Gasteiger charge is 2.47. The fraction of sp³-hybridized carbons (Fsp3) is 0.435. The molecule has 8 nitrogen and oxygen atoms in total. The Balaban J connectivity index is 1.51. The fourth-order valence-electron chi connectivity index (χ4n) is 4.98. The van der Waals surface area contributed by atoms with Gasteiger partial charge >= 0.3 is 0 Å². The second-order valence-electron chi connectivity index (χ2n) is 8.77. The van der Waals surface area contributed by atoms with E-state index in [0.29, 0.717) is 45.4 Å². The molecule has 5 rings (SSSR count). The maximum atomic E-state index is 13.4. The molecule has 4 heterocycles. The molecule has 0 bridgehead atoms. The van der Waals surface area contributed by atoms with Crippen LogP contribution in [0.3, 0.4) is 0 Å². The van der Waals surface area contributed by atoms with E-state index in [1.807, 2.05) is 6.92 Å². The van der Waals surface area contributed by atoms with Gasteiger partial charge in [-0.1, -0.05) is 29.7 Å². The van der Waals surface area contributed by atoms with E-state index in [9.17, 15) is 4.79 Å². The Hall–Kier alpha value is -2.86. The molecule has 0 unspecified atom stereocenters. The van der Waals surface area contributed by atoms with E-state index in [4.69, 9.17) is 33.5 Å². The first-order valence-corrected chi connectivity index (χ1v) is 11.1. The molecule has 1 aromatic carbocycles. The van der Waals surface area contributed by atoms with E-state index in [-0.39, 0.29) is 23.1 Å². The van der Waals surface area contributed by atoms with Crippen molar-refractivity contribution in [2.45, 2.75) is 31.9 Å². The van der Waals surface area contributed by atoms with Crippen molar-refractivity contribution in [2.24, 2.45) is 18.2 Å². The number of hydrogen-bond acceptors (Lipinski definition) is 6. The molecule has 2 aliphatic rings. The third-order valence-corrected chi connectivity index (χ3v) is 7.48. The summed E-state index contributed by atoms with van der Waals surface area (Å²) in [5, 5.41) is 8.05. The third kappa shape index (κ3) is 3.04. The number of halogens is 1. The number of nitrogens with two attached hydrogens (primary N) is 1. The lowest BCUT2D eigenvalue weighted by atomic mass is 9.73. The van der Waals surface area contributed by atoms with E-state index in [2.05, 4.69) is 21.0 Å². The Labute approximate surface area is 190 Å². The van der Waals surface area contributed by atoms with Crippen LogP contribution in [-0.2, 0) is 11.8 Å². The highest BCUT2D eigenvalue weighted by molar-refractivity contribution is 6.34. The minimum absolute atomic E-state index is 0.00116. The molecule has 0 saturated carbocycles. The molecule has 3 N–H and O–H groups in total. The average Bonchev–Trinajstić information content (AvgIpc) is 3.34. The fourth-order valence-corrected chi connectivity index (χ4v) is 5.25. The summed E-state index contributed by atoms with van der Waals surface area (Å²) < 4.78 is 7.40. The summed E-state index contributed by atoms with van der Waals surface area (Å²) in [6.45, 7) is 4.24. The van der Waals surface area contributed by atoms with Crippen LogP contribution in [0.25, 0.3) is 22.3 Å². The highest BCUT2D eigenvalue weighted by atomic mass is 35.5. The number of H-pyrrole nitrogens is 1. The van der Waals surface area contributed by atoms with Crippen molar-refractivity contribution in [2.75, 3.05) is 24.6 Å². The number of aromatic nitrogens is 4. The van der Waals surface area contributed by atoms with Crippen LogP contribution in [0.1, 0.15) is 25.3 Å². The Bertz CT molecular complexity index is 1300. The van der Waals surface area contributed by atoms with Crippen LogP contribution in [0.4, 0.5) is 5.95 Å². The number of piperidine rings is 1. The maximum absolute atomic E-state index is 13.4. The Morgan fingerprint density at radius 3 is 2.78 bits per heavy atom. The second kappa shape index (κ2) is 7.62. The second-order valence-corrected chi connectivity index (χ2v) is 9.15. The van der Waals surface area contributed by atoms with Crippen LogP contribution >= 0.6 is 11.6 Å². The van der Waals surface area contributed by atoms with Crippen molar-refractivity contribution in [1.29, 1.82) is 0 Å². The van der Waals surface area contributed by atoms with Crippen molar-refractivity contribution in [3.05, 3.63) is 39.1 Å². The molecule has 2 fully saturated rings. The lowest BCUT2D eigenvalue weighted by molar-refractivity contribution is 0.0973. The summed E-state index contributed by atoms with van der Waals surface area (Å²) in [7, 11) is 1.73. The highest BCUT2D eigenvalue weighted by Crippen LogP contribution is 2.42. The van der Waals surface area contributed by atoms with Crippen LogP contribution in [0, 0.1) is 17.8 Å². The SMILES string of the molecule is C#Cc1cccc(-c2n[nH]c3nc(N4CCC5(CC4)CO[C@@H](C)[C@H]5N)n(C)c(=O)c23)c1Cl. The van der Waals surface area contributed by atoms with Crippen LogP contribution in [0.2, 0.25) is 5.02 Å². The zero-order chi connectivity index (χ0) is 22.6. The van der Waals surface area contributed by atoms with E-state index in [0.717, 1.165) is 25.9 Å². The van der Waals surface area contributed by atoms with Gasteiger partial charge in [-0.2, -0.15) is 10.1 Å². The number of aromatic amines is 1. The van der Waals surface area contributed by atoms with Gasteiger partial charge in [0.15, 0.2) is 5.65 Å². The van der Waals surface area contributed by atoms with Gasteiger partial charge in [0.05, 0.1) is 17.7 Å². The number of anilines is 1. The summed E-state index contributed by atoms with van der Waals surface area (Å²) in [5.41, 5.74) is 8.27. The molecule has 3 aromatic rings. The van der Waals surface area contributed by atoms with Gasteiger partial charge in [0.25, 0.3) is 5.56 Å². The van der Waals surface area contributed by atoms with Crippen LogP contribution in [-0.4, -0.2) is 51.6 Å². The predicted molar refractivity (Wildman–Crippen MR) is 125 cm³/mol. The van der Waals surface area contributed by atoms with Gasteiger partial charge in [-0.15, -0.1) is 6.42 Å². The Morgan fingerprint density at radius 2 is 2.12 bits per heavy atom. The number of nitrogens with one attached hydrogen (secondary N) is 1. The molecular formula is C23H25ClN6O2. The number of rotatable bonds is 2. The normalized spacial score (nSPS) is 22.5. The third-order valence-electron chi connectivity index (χ3n) is 7.08. The molecular weight excluding hydrogens is 428 g/mol. The monoisotopic (exact) mass is 452 g/mol. The van der Waals surface area contributed by atoms with Gasteiger partial charge in [0, 0.05) is 42.7 Å². The first kappa shape index (κ1) is 21.0.